The monoisotopic (exact) mass is 319 g/mol. The molecule has 0 bridgehead atoms. The highest BCUT2D eigenvalue weighted by atomic mass is 79.9. The largest absolute Gasteiger partial charge is 0.356 e. The molecule has 1 amide bonds. The molecule has 0 aliphatic heterocycles. The molecule has 0 aliphatic carbocycles. The molecule has 108 valence electrons. The smallest absolute Gasteiger partial charge is 0.219 e. The number of unbranched alkanes of at least 4 members (excludes halogenated alkanes) is 8. The van der Waals surface area contributed by atoms with E-state index in [-0.39, 0.29) is 5.91 Å². The summed E-state index contributed by atoms with van der Waals surface area (Å²) in [7, 11) is 0. The van der Waals surface area contributed by atoms with E-state index in [0.717, 1.165) is 31.1 Å². The van der Waals surface area contributed by atoms with Crippen LogP contribution >= 0.6 is 15.9 Å². The molecule has 0 fully saturated rings. The van der Waals surface area contributed by atoms with Crippen LogP contribution in [0.25, 0.3) is 0 Å². The lowest BCUT2D eigenvalue weighted by Crippen LogP contribution is -2.23. The summed E-state index contributed by atoms with van der Waals surface area (Å²) >= 11 is 3.37. The van der Waals surface area contributed by atoms with Crippen LogP contribution in [0.15, 0.2) is 0 Å². The number of nitrogens with one attached hydrogen (secondary N) is 1. The van der Waals surface area contributed by atoms with Gasteiger partial charge in [0.2, 0.25) is 5.91 Å². The Morgan fingerprint density at radius 3 is 2.11 bits per heavy atom. The van der Waals surface area contributed by atoms with Crippen molar-refractivity contribution >= 4 is 21.8 Å². The van der Waals surface area contributed by atoms with Crippen molar-refractivity contribution in [1.29, 1.82) is 0 Å². The molecule has 3 heteroatoms. The lowest BCUT2D eigenvalue weighted by Gasteiger charge is -2.05. The number of rotatable bonds is 13. The highest BCUT2D eigenvalue weighted by molar-refractivity contribution is 9.09. The Hall–Kier alpha value is -0.0500. The molecule has 0 aliphatic rings. The summed E-state index contributed by atoms with van der Waals surface area (Å²) in [6.45, 7) is 3.11. The van der Waals surface area contributed by atoms with Gasteiger partial charge in [0.05, 0.1) is 0 Å². The summed E-state index contributed by atoms with van der Waals surface area (Å²) < 4.78 is 0. The molecule has 0 unspecified atom stereocenters. The molecule has 0 atom stereocenters. The molecule has 0 radical (unpaired) electrons. The maximum absolute atomic E-state index is 11.4. The van der Waals surface area contributed by atoms with Crippen LogP contribution in [0.2, 0.25) is 0 Å². The molecule has 0 aromatic carbocycles. The van der Waals surface area contributed by atoms with Gasteiger partial charge in [-0.1, -0.05) is 67.8 Å². The molecule has 0 rings (SSSR count). The van der Waals surface area contributed by atoms with E-state index in [1.54, 1.807) is 0 Å². The number of hydrogen-bond donors (Lipinski definition) is 1. The van der Waals surface area contributed by atoms with Gasteiger partial charge in [-0.25, -0.2) is 0 Å². The van der Waals surface area contributed by atoms with E-state index in [2.05, 4.69) is 28.2 Å². The second-order valence-corrected chi connectivity index (χ2v) is 5.76. The SMILES string of the molecule is CCCCCCCCCCNC(=O)CCCCBr. The van der Waals surface area contributed by atoms with E-state index in [4.69, 9.17) is 0 Å². The van der Waals surface area contributed by atoms with Crippen molar-refractivity contribution in [2.75, 3.05) is 11.9 Å². The van der Waals surface area contributed by atoms with Crippen LogP contribution in [0.3, 0.4) is 0 Å². The van der Waals surface area contributed by atoms with Gasteiger partial charge in [0.1, 0.15) is 0 Å². The Labute approximate surface area is 121 Å². The minimum absolute atomic E-state index is 0.221. The predicted octanol–water partition coefficient (Wildman–Crippen LogP) is 4.81. The fourth-order valence-electron chi connectivity index (χ4n) is 1.96. The third-order valence-corrected chi connectivity index (χ3v) is 3.70. The predicted molar refractivity (Wildman–Crippen MR) is 83.3 cm³/mol. The number of halogens is 1. The summed E-state index contributed by atoms with van der Waals surface area (Å²) in [6, 6.07) is 0. The van der Waals surface area contributed by atoms with E-state index >= 15 is 0 Å². The third-order valence-electron chi connectivity index (χ3n) is 3.14. The molecular formula is C15H30BrNO. The highest BCUT2D eigenvalue weighted by Crippen LogP contribution is 2.07. The quantitative estimate of drug-likeness (QED) is 0.383. The molecular weight excluding hydrogens is 290 g/mol. The second kappa shape index (κ2) is 15.0. The Morgan fingerprint density at radius 1 is 0.889 bits per heavy atom. The van der Waals surface area contributed by atoms with E-state index in [1.165, 1.54) is 44.9 Å². The zero-order valence-electron chi connectivity index (χ0n) is 12.0. The Bertz CT molecular complexity index is 185. The van der Waals surface area contributed by atoms with Crippen LogP contribution in [0.1, 0.15) is 77.6 Å². The molecule has 18 heavy (non-hydrogen) atoms. The Morgan fingerprint density at radius 2 is 1.50 bits per heavy atom. The molecule has 0 saturated heterocycles. The van der Waals surface area contributed by atoms with Crippen LogP contribution < -0.4 is 5.32 Å². The zero-order valence-corrected chi connectivity index (χ0v) is 13.6. The van der Waals surface area contributed by atoms with Gasteiger partial charge in [0.15, 0.2) is 0 Å². The maximum Gasteiger partial charge on any atom is 0.219 e. The topological polar surface area (TPSA) is 29.1 Å². The van der Waals surface area contributed by atoms with Gasteiger partial charge < -0.3 is 5.32 Å². The van der Waals surface area contributed by atoms with Crippen molar-refractivity contribution in [1.82, 2.24) is 5.32 Å². The van der Waals surface area contributed by atoms with Gasteiger partial charge in [0.25, 0.3) is 0 Å². The minimum Gasteiger partial charge on any atom is -0.356 e. The fraction of sp³-hybridized carbons (Fsp3) is 0.933. The normalized spacial score (nSPS) is 10.6. The molecule has 0 heterocycles. The van der Waals surface area contributed by atoms with Crippen molar-refractivity contribution in [3.63, 3.8) is 0 Å². The Balaban J connectivity index is 3.08. The molecule has 0 aromatic rings. The van der Waals surface area contributed by atoms with Crippen molar-refractivity contribution < 1.29 is 4.79 Å². The average molecular weight is 320 g/mol. The lowest BCUT2D eigenvalue weighted by molar-refractivity contribution is -0.121. The van der Waals surface area contributed by atoms with E-state index in [9.17, 15) is 4.79 Å². The van der Waals surface area contributed by atoms with Gasteiger partial charge in [-0.3, -0.25) is 4.79 Å². The number of alkyl halides is 1. The van der Waals surface area contributed by atoms with Crippen molar-refractivity contribution in [2.24, 2.45) is 0 Å². The first-order chi connectivity index (χ1) is 8.81. The highest BCUT2D eigenvalue weighted by Gasteiger charge is 1.99. The van der Waals surface area contributed by atoms with Gasteiger partial charge in [-0.05, 0) is 19.3 Å². The standard InChI is InChI=1S/C15H30BrNO/c1-2-3-4-5-6-7-8-11-14-17-15(18)12-9-10-13-16/h2-14H2,1H3,(H,17,18). The third kappa shape index (κ3) is 14.0. The number of carbonyl (C=O) groups excluding carboxylic acids is 1. The second-order valence-electron chi connectivity index (χ2n) is 4.97. The lowest BCUT2D eigenvalue weighted by atomic mass is 10.1. The van der Waals surface area contributed by atoms with E-state index < -0.39 is 0 Å². The number of hydrogen-bond acceptors (Lipinski definition) is 1. The zero-order chi connectivity index (χ0) is 13.5. The van der Waals surface area contributed by atoms with Gasteiger partial charge >= 0.3 is 0 Å². The van der Waals surface area contributed by atoms with E-state index in [0.29, 0.717) is 6.42 Å². The van der Waals surface area contributed by atoms with Crippen LogP contribution in [-0.2, 0) is 4.79 Å². The van der Waals surface area contributed by atoms with Crippen LogP contribution in [0.4, 0.5) is 0 Å². The average Bonchev–Trinajstić information content (AvgIpc) is 2.37. The van der Waals surface area contributed by atoms with Gasteiger partial charge in [-0.2, -0.15) is 0 Å². The van der Waals surface area contributed by atoms with Crippen molar-refractivity contribution in [3.8, 4) is 0 Å². The summed E-state index contributed by atoms with van der Waals surface area (Å²) in [5.41, 5.74) is 0. The first-order valence-electron chi connectivity index (χ1n) is 7.64. The summed E-state index contributed by atoms with van der Waals surface area (Å²) in [5, 5.41) is 4.00. The fourth-order valence-corrected chi connectivity index (χ4v) is 2.35. The van der Waals surface area contributed by atoms with Gasteiger partial charge in [-0.15, -0.1) is 0 Å². The minimum atomic E-state index is 0.221. The maximum atomic E-state index is 11.4. The molecule has 1 N–H and O–H groups in total. The molecule has 0 aromatic heterocycles. The molecule has 2 nitrogen and oxygen atoms in total. The summed E-state index contributed by atoms with van der Waals surface area (Å²) in [4.78, 5) is 11.4. The molecule has 0 spiro atoms. The van der Waals surface area contributed by atoms with Crippen LogP contribution in [-0.4, -0.2) is 17.8 Å². The van der Waals surface area contributed by atoms with Crippen molar-refractivity contribution in [3.05, 3.63) is 0 Å². The van der Waals surface area contributed by atoms with E-state index in [1.807, 2.05) is 0 Å². The molecule has 0 saturated carbocycles. The number of carbonyl (C=O) groups is 1. The number of amides is 1. The first-order valence-corrected chi connectivity index (χ1v) is 8.76. The first kappa shape index (κ1) is 17.9. The van der Waals surface area contributed by atoms with Gasteiger partial charge in [0, 0.05) is 18.3 Å². The van der Waals surface area contributed by atoms with Crippen LogP contribution in [0.5, 0.6) is 0 Å². The Kier molecular flexibility index (Phi) is 15.0. The van der Waals surface area contributed by atoms with Crippen LogP contribution in [0, 0.1) is 0 Å². The summed E-state index contributed by atoms with van der Waals surface area (Å²) in [6.07, 6.45) is 13.3. The van der Waals surface area contributed by atoms with Crippen molar-refractivity contribution in [2.45, 2.75) is 77.6 Å². The summed E-state index contributed by atoms with van der Waals surface area (Å²) in [5.74, 6) is 0.221.